The molecule has 0 aromatic heterocycles. The molecule has 0 saturated carbocycles. The molecule has 0 fully saturated rings. The van der Waals surface area contributed by atoms with E-state index < -0.39 is 27.4 Å². The van der Waals surface area contributed by atoms with Crippen molar-refractivity contribution in [3.63, 3.8) is 0 Å². The zero-order valence-corrected chi connectivity index (χ0v) is 10.6. The van der Waals surface area contributed by atoms with Crippen LogP contribution in [0.2, 0.25) is 0 Å². The van der Waals surface area contributed by atoms with Gasteiger partial charge in [-0.2, -0.15) is 8.42 Å². The maximum Gasteiger partial charge on any atom is 0.394 e. The Kier molecular flexibility index (Phi) is 18.6. The third-order valence-corrected chi connectivity index (χ3v) is 0.368. The van der Waals surface area contributed by atoms with E-state index >= 15 is 0 Å². The van der Waals surface area contributed by atoms with Gasteiger partial charge in [0.25, 0.3) is 5.09 Å². The summed E-state index contributed by atoms with van der Waals surface area (Å²) in [5.41, 5.74) is 0. The van der Waals surface area contributed by atoms with Gasteiger partial charge in [-0.25, -0.2) is 9.59 Å². The van der Waals surface area contributed by atoms with Gasteiger partial charge in [0.1, 0.15) is 0 Å². The highest BCUT2D eigenvalue weighted by atomic mass is 79.9. The van der Waals surface area contributed by atoms with E-state index in [0.29, 0.717) is 12.2 Å². The fourth-order valence-electron chi connectivity index (χ4n) is 0.143. The molecule has 5 N–H and O–H groups in total. The fraction of sp³-hybridized carbons (Fsp3) is 0. The molecule has 0 rings (SSSR count). The molecule has 0 aromatic carbocycles. The van der Waals surface area contributed by atoms with Crippen molar-refractivity contribution in [3.05, 3.63) is 22.3 Å². The predicted octanol–water partition coefficient (Wildman–Crippen LogP) is -0.711. The molecule has 12 nitrogen and oxygen atoms in total. The first kappa shape index (κ1) is 25.2. The number of carboxylic acids is 2. The summed E-state index contributed by atoms with van der Waals surface area (Å²) in [7, 11) is -4.67. The van der Waals surface area contributed by atoms with Crippen LogP contribution in [0.5, 0.6) is 0 Å². The maximum atomic E-state index is 9.55. The number of nitrogens with zero attached hydrogens (tertiary/aromatic N) is 1. The van der Waals surface area contributed by atoms with Gasteiger partial charge < -0.3 is 15.4 Å². The Labute approximate surface area is 110 Å². The number of hydrogen-bond acceptors (Lipinski definition) is 6. The van der Waals surface area contributed by atoms with Crippen molar-refractivity contribution in [1.82, 2.24) is 0 Å². The summed E-state index contributed by atoms with van der Waals surface area (Å²) in [4.78, 5) is 27.5. The van der Waals surface area contributed by atoms with Crippen LogP contribution in [-0.2, 0) is 20.0 Å². The van der Waals surface area contributed by atoms with Crippen LogP contribution in [-0.4, -0.2) is 50.0 Å². The fourth-order valence-corrected chi connectivity index (χ4v) is 0.143. The van der Waals surface area contributed by atoms with E-state index in [-0.39, 0.29) is 17.0 Å². The molecule has 18 heavy (non-hydrogen) atoms. The molecule has 0 saturated heterocycles. The van der Waals surface area contributed by atoms with Crippen molar-refractivity contribution >= 4 is 39.3 Å². The molecule has 0 aliphatic carbocycles. The maximum absolute atomic E-state index is 9.55. The summed E-state index contributed by atoms with van der Waals surface area (Å²) >= 11 is 0. The van der Waals surface area contributed by atoms with E-state index in [2.05, 4.69) is 0 Å². The lowest BCUT2D eigenvalue weighted by Gasteiger charge is -1.74. The third kappa shape index (κ3) is 239. The molecule has 0 amide bonds. The van der Waals surface area contributed by atoms with Gasteiger partial charge in [0.05, 0.1) is 0 Å². The average Bonchev–Trinajstić information content (AvgIpc) is 1.96. The van der Waals surface area contributed by atoms with E-state index in [1.807, 2.05) is 0 Å². The van der Waals surface area contributed by atoms with Gasteiger partial charge in [-0.3, -0.25) is 9.11 Å². The van der Waals surface area contributed by atoms with E-state index in [1.54, 1.807) is 0 Å². The average molecular weight is 358 g/mol. The van der Waals surface area contributed by atoms with Gasteiger partial charge in [-0.05, 0) is 0 Å². The van der Waals surface area contributed by atoms with Crippen LogP contribution < -0.4 is 0 Å². The lowest BCUT2D eigenvalue weighted by molar-refractivity contribution is -0.742. The molecular weight excluding hydrogens is 350 g/mol. The minimum Gasteiger partial charge on any atom is -0.478 e. The summed E-state index contributed by atoms with van der Waals surface area (Å²) in [6, 6.07) is 0. The number of aliphatic carboxylic acids is 2. The van der Waals surface area contributed by atoms with Gasteiger partial charge in [0, 0.05) is 12.2 Å². The smallest absolute Gasteiger partial charge is 0.394 e. The minimum absolute atomic E-state index is 0. The number of halogens is 1. The van der Waals surface area contributed by atoms with Crippen molar-refractivity contribution in [1.29, 1.82) is 0 Å². The molecule has 0 aliphatic heterocycles. The van der Waals surface area contributed by atoms with Gasteiger partial charge in [-0.1, -0.05) is 0 Å². The highest BCUT2D eigenvalue weighted by Gasteiger charge is 1.88. The Bertz CT molecular complexity index is 358. The van der Waals surface area contributed by atoms with E-state index in [0.717, 1.165) is 0 Å². The van der Waals surface area contributed by atoms with E-state index in [1.165, 1.54) is 0 Å². The van der Waals surface area contributed by atoms with Crippen LogP contribution in [0, 0.1) is 10.1 Å². The molecule has 0 unspecified atom stereocenters. The number of carbonyl (C=O) groups is 2. The Morgan fingerprint density at radius 2 is 1.17 bits per heavy atom. The van der Waals surface area contributed by atoms with Crippen molar-refractivity contribution in [2.24, 2.45) is 0 Å². The molecule has 0 radical (unpaired) electrons. The van der Waals surface area contributed by atoms with Crippen molar-refractivity contribution in [3.8, 4) is 0 Å². The summed E-state index contributed by atoms with van der Waals surface area (Å²) in [6.07, 6.45) is 1.12. The quantitative estimate of drug-likeness (QED) is 0.180. The van der Waals surface area contributed by atoms with Gasteiger partial charge in [-0.15, -0.1) is 27.1 Å². The van der Waals surface area contributed by atoms with Crippen LogP contribution in [0.15, 0.2) is 12.2 Å². The highest BCUT2D eigenvalue weighted by molar-refractivity contribution is 8.93. The van der Waals surface area contributed by atoms with Gasteiger partial charge >= 0.3 is 22.3 Å². The van der Waals surface area contributed by atoms with Gasteiger partial charge in [0.2, 0.25) is 0 Å². The largest absolute Gasteiger partial charge is 0.478 e. The van der Waals surface area contributed by atoms with Crippen molar-refractivity contribution in [2.45, 2.75) is 0 Å². The monoisotopic (exact) mass is 357 g/mol. The summed E-state index contributed by atoms with van der Waals surface area (Å²) in [5.74, 6) is -2.51. The SMILES string of the molecule is Br.O=C(O)C=CC(=O)O.O=S(=O)(O)O.O=[N+]([O-])O. The Morgan fingerprint density at radius 3 is 1.22 bits per heavy atom. The second-order valence-corrected chi connectivity index (χ2v) is 2.59. The van der Waals surface area contributed by atoms with Crippen LogP contribution in [0.25, 0.3) is 0 Å². The second-order valence-electron chi connectivity index (χ2n) is 1.70. The number of rotatable bonds is 2. The molecule has 14 heteroatoms. The Balaban J connectivity index is -0.0000000855. The molecule has 108 valence electrons. The first-order valence-electron chi connectivity index (χ1n) is 3.03. The van der Waals surface area contributed by atoms with Crippen LogP contribution in [0.4, 0.5) is 0 Å². The summed E-state index contributed by atoms with van der Waals surface area (Å²) in [6.45, 7) is 0. The lowest BCUT2D eigenvalue weighted by Crippen LogP contribution is -1.91. The lowest BCUT2D eigenvalue weighted by atomic mass is 10.5. The van der Waals surface area contributed by atoms with Gasteiger partial charge in [0.15, 0.2) is 0 Å². The number of hydrogen-bond donors (Lipinski definition) is 5. The Morgan fingerprint density at radius 1 is 1.06 bits per heavy atom. The summed E-state index contributed by atoms with van der Waals surface area (Å²) in [5, 5.41) is 29.3. The minimum atomic E-state index is -4.67. The first-order chi connectivity index (χ1) is 7.36. The molecule has 0 bridgehead atoms. The molecular formula is C4H8BrNO11S. The van der Waals surface area contributed by atoms with E-state index in [4.69, 9.17) is 43.1 Å². The topological polar surface area (TPSA) is 213 Å². The predicted molar refractivity (Wildman–Crippen MR) is 57.7 cm³/mol. The standard InChI is InChI=1S/C4H4O4.BrH.HNO3.H2O4S/c5-3(6)1-2-4(7)8;;2-1(3)4;1-5(2,3)4/h1-2H,(H,5,6)(H,7,8);1H;(H,2,3,4);(H2,1,2,3,4). The molecule has 0 aromatic rings. The van der Waals surface area contributed by atoms with Crippen LogP contribution >= 0.6 is 17.0 Å². The van der Waals surface area contributed by atoms with Crippen molar-refractivity contribution in [2.75, 3.05) is 0 Å². The molecule has 0 spiro atoms. The number of carboxylic acid groups (broad SMARTS) is 2. The molecule has 0 heterocycles. The van der Waals surface area contributed by atoms with Crippen LogP contribution in [0.1, 0.15) is 0 Å². The highest BCUT2D eigenvalue weighted by Crippen LogP contribution is 1.70. The second kappa shape index (κ2) is 13.3. The third-order valence-electron chi connectivity index (χ3n) is 0.368. The zero-order chi connectivity index (χ0) is 14.6. The van der Waals surface area contributed by atoms with E-state index in [9.17, 15) is 9.59 Å². The molecule has 0 atom stereocenters. The van der Waals surface area contributed by atoms with Crippen molar-refractivity contribution < 1.29 is 47.6 Å². The Hall–Kier alpha value is -1.77. The zero-order valence-electron chi connectivity index (χ0n) is 8.10. The normalized spacial score (nSPS) is 8.78. The first-order valence-corrected chi connectivity index (χ1v) is 4.43. The van der Waals surface area contributed by atoms with Crippen LogP contribution in [0.3, 0.4) is 0 Å². The summed E-state index contributed by atoms with van der Waals surface area (Å²) < 4.78 is 31.6. The molecule has 0 aliphatic rings.